The summed E-state index contributed by atoms with van der Waals surface area (Å²) in [6, 6.07) is 0. The molecule has 0 aliphatic heterocycles. The number of rotatable bonds is 3. The Bertz CT molecular complexity index is 107. The minimum Gasteiger partial charge on any atom is -0.0853 e. The van der Waals surface area contributed by atoms with Crippen LogP contribution in [-0.2, 0) is 0 Å². The minimum absolute atomic E-state index is 0.858. The summed E-state index contributed by atoms with van der Waals surface area (Å²) in [4.78, 5) is 0. The summed E-state index contributed by atoms with van der Waals surface area (Å²) in [5, 5.41) is 0. The molecule has 0 aromatic rings. The molecule has 0 amide bonds. The van der Waals surface area contributed by atoms with E-state index in [1.54, 1.807) is 5.57 Å². The topological polar surface area (TPSA) is 0 Å². The molecule has 0 heteroatoms. The predicted octanol–water partition coefficient (Wildman–Crippen LogP) is 2.96. The Morgan fingerprint density at radius 2 is 2.44 bits per heavy atom. The maximum absolute atomic E-state index is 2.37. The van der Waals surface area contributed by atoms with Gasteiger partial charge >= 0.3 is 0 Å². The fourth-order valence-corrected chi connectivity index (χ4v) is 0.963. The number of allylic oxidation sites excluding steroid dienone is 2. The van der Waals surface area contributed by atoms with E-state index in [1.807, 2.05) is 0 Å². The third-order valence-corrected chi connectivity index (χ3v) is 1.81. The second kappa shape index (κ2) is 3.05. The Morgan fingerprint density at radius 1 is 1.78 bits per heavy atom. The molecule has 0 N–H and O–H groups in total. The molecule has 0 aromatic heterocycles. The van der Waals surface area contributed by atoms with Crippen LogP contribution in [0.5, 0.6) is 0 Å². The van der Waals surface area contributed by atoms with Crippen LogP contribution in [0.15, 0.2) is 11.6 Å². The van der Waals surface area contributed by atoms with Crippen molar-refractivity contribution in [3.63, 3.8) is 0 Å². The molecule has 0 bridgehead atoms. The van der Waals surface area contributed by atoms with Crippen LogP contribution in [0.1, 0.15) is 33.1 Å². The summed E-state index contributed by atoms with van der Waals surface area (Å²) < 4.78 is 0. The van der Waals surface area contributed by atoms with Crippen molar-refractivity contribution in [3.05, 3.63) is 18.1 Å². The second-order valence-corrected chi connectivity index (χ2v) is 2.81. The molecule has 0 spiro atoms. The smallest absolute Gasteiger partial charge is 0.0172 e. The Labute approximate surface area is 58.0 Å². The highest BCUT2D eigenvalue weighted by molar-refractivity contribution is 5.18. The van der Waals surface area contributed by atoms with E-state index in [1.165, 1.54) is 19.3 Å². The Morgan fingerprint density at radius 3 is 2.89 bits per heavy atom. The first-order chi connectivity index (χ1) is 4.34. The van der Waals surface area contributed by atoms with Crippen molar-refractivity contribution < 1.29 is 0 Å². The molecule has 1 atom stereocenters. The van der Waals surface area contributed by atoms with Crippen molar-refractivity contribution in [2.24, 2.45) is 5.92 Å². The standard InChI is InChI=1S/C9H15/c1-3-4-5-8(2)9-6-7-9/h5-6,9H,3-4,7H2,1-2H3. The molecular formula is C9H15. The molecule has 0 nitrogen and oxygen atoms in total. The first-order valence-electron chi connectivity index (χ1n) is 3.84. The molecule has 1 saturated carbocycles. The third-order valence-electron chi connectivity index (χ3n) is 1.81. The summed E-state index contributed by atoms with van der Waals surface area (Å²) in [6.45, 7) is 4.46. The van der Waals surface area contributed by atoms with Gasteiger partial charge in [-0.25, -0.2) is 0 Å². The van der Waals surface area contributed by atoms with Crippen molar-refractivity contribution in [2.75, 3.05) is 0 Å². The predicted molar refractivity (Wildman–Crippen MR) is 41.1 cm³/mol. The van der Waals surface area contributed by atoms with Gasteiger partial charge in [-0.2, -0.15) is 0 Å². The van der Waals surface area contributed by atoms with Crippen LogP contribution >= 0.6 is 0 Å². The van der Waals surface area contributed by atoms with Crippen LogP contribution in [0.25, 0.3) is 0 Å². The van der Waals surface area contributed by atoms with Gasteiger partial charge in [0.15, 0.2) is 0 Å². The first kappa shape index (κ1) is 6.85. The van der Waals surface area contributed by atoms with Gasteiger partial charge in [0.25, 0.3) is 0 Å². The molecule has 1 fully saturated rings. The van der Waals surface area contributed by atoms with E-state index >= 15 is 0 Å². The summed E-state index contributed by atoms with van der Waals surface area (Å²) >= 11 is 0. The average Bonchev–Trinajstić information content (AvgIpc) is 2.63. The van der Waals surface area contributed by atoms with E-state index < -0.39 is 0 Å². The summed E-state index contributed by atoms with van der Waals surface area (Å²) in [5.74, 6) is 0.858. The Balaban J connectivity index is 2.20. The lowest BCUT2D eigenvalue weighted by Gasteiger charge is -1.93. The molecule has 1 unspecified atom stereocenters. The minimum atomic E-state index is 0.858. The fraction of sp³-hybridized carbons (Fsp3) is 0.667. The molecule has 0 heterocycles. The number of unbranched alkanes of at least 4 members (excludes halogenated alkanes) is 1. The normalized spacial score (nSPS) is 20.4. The molecule has 0 aromatic carbocycles. The highest BCUT2D eigenvalue weighted by atomic mass is 14.3. The van der Waals surface area contributed by atoms with Crippen LogP contribution < -0.4 is 0 Å². The van der Waals surface area contributed by atoms with E-state index in [9.17, 15) is 0 Å². The Hall–Kier alpha value is -0.260. The average molecular weight is 123 g/mol. The SMILES string of the molecule is CCCC=C(C)C1[CH]C1. The Kier molecular flexibility index (Phi) is 2.32. The zero-order valence-electron chi connectivity index (χ0n) is 6.35. The van der Waals surface area contributed by atoms with Crippen molar-refractivity contribution >= 4 is 0 Å². The van der Waals surface area contributed by atoms with Crippen LogP contribution in [0.3, 0.4) is 0 Å². The van der Waals surface area contributed by atoms with E-state index in [0.29, 0.717) is 0 Å². The van der Waals surface area contributed by atoms with Crippen molar-refractivity contribution in [1.82, 2.24) is 0 Å². The van der Waals surface area contributed by atoms with Gasteiger partial charge in [-0.15, -0.1) is 0 Å². The summed E-state index contributed by atoms with van der Waals surface area (Å²) in [5.41, 5.74) is 1.58. The van der Waals surface area contributed by atoms with Crippen molar-refractivity contribution in [3.8, 4) is 0 Å². The highest BCUT2D eigenvalue weighted by Crippen LogP contribution is 2.34. The molecule has 1 radical (unpaired) electrons. The van der Waals surface area contributed by atoms with Gasteiger partial charge in [0.2, 0.25) is 0 Å². The first-order valence-corrected chi connectivity index (χ1v) is 3.84. The quantitative estimate of drug-likeness (QED) is 0.506. The molecule has 1 aliphatic rings. The number of hydrogen-bond donors (Lipinski definition) is 0. The molecular weight excluding hydrogens is 108 g/mol. The molecule has 1 rings (SSSR count). The van der Waals surface area contributed by atoms with Gasteiger partial charge in [0.1, 0.15) is 0 Å². The van der Waals surface area contributed by atoms with E-state index in [4.69, 9.17) is 0 Å². The molecule has 0 saturated heterocycles. The van der Waals surface area contributed by atoms with Crippen LogP contribution in [0.2, 0.25) is 0 Å². The highest BCUT2D eigenvalue weighted by Gasteiger charge is 2.22. The lowest BCUT2D eigenvalue weighted by molar-refractivity contribution is 0.922. The molecule has 9 heavy (non-hydrogen) atoms. The zero-order valence-corrected chi connectivity index (χ0v) is 6.35. The van der Waals surface area contributed by atoms with Crippen LogP contribution in [-0.4, -0.2) is 0 Å². The van der Waals surface area contributed by atoms with Crippen molar-refractivity contribution in [1.29, 1.82) is 0 Å². The van der Waals surface area contributed by atoms with Gasteiger partial charge in [-0.05, 0) is 32.1 Å². The second-order valence-electron chi connectivity index (χ2n) is 2.81. The van der Waals surface area contributed by atoms with Gasteiger partial charge in [-0.3, -0.25) is 0 Å². The monoisotopic (exact) mass is 123 g/mol. The maximum atomic E-state index is 2.37. The van der Waals surface area contributed by atoms with E-state index in [2.05, 4.69) is 26.3 Å². The third kappa shape index (κ3) is 2.21. The molecule has 51 valence electrons. The summed E-state index contributed by atoms with van der Waals surface area (Å²) in [7, 11) is 0. The van der Waals surface area contributed by atoms with E-state index in [0.717, 1.165) is 5.92 Å². The van der Waals surface area contributed by atoms with Gasteiger partial charge < -0.3 is 0 Å². The van der Waals surface area contributed by atoms with Gasteiger partial charge in [-0.1, -0.05) is 25.0 Å². The van der Waals surface area contributed by atoms with Gasteiger partial charge in [0, 0.05) is 0 Å². The number of hydrogen-bond acceptors (Lipinski definition) is 0. The lowest BCUT2D eigenvalue weighted by Crippen LogP contribution is -1.76. The van der Waals surface area contributed by atoms with Crippen LogP contribution in [0, 0.1) is 12.3 Å². The van der Waals surface area contributed by atoms with E-state index in [-0.39, 0.29) is 0 Å². The van der Waals surface area contributed by atoms with Gasteiger partial charge in [0.05, 0.1) is 0 Å². The largest absolute Gasteiger partial charge is 0.0853 e. The van der Waals surface area contributed by atoms with Crippen molar-refractivity contribution in [2.45, 2.75) is 33.1 Å². The van der Waals surface area contributed by atoms with Crippen LogP contribution in [0.4, 0.5) is 0 Å². The molecule has 1 aliphatic carbocycles. The fourth-order valence-electron chi connectivity index (χ4n) is 0.963. The summed E-state index contributed by atoms with van der Waals surface area (Å²) in [6.07, 6.45) is 8.60. The lowest BCUT2D eigenvalue weighted by atomic mass is 10.1. The zero-order chi connectivity index (χ0) is 6.69. The maximum Gasteiger partial charge on any atom is -0.0172 e.